The Hall–Kier alpha value is -2.49. The van der Waals surface area contributed by atoms with E-state index in [-0.39, 0.29) is 5.97 Å². The monoisotopic (exact) mass is 271 g/mol. The van der Waals surface area contributed by atoms with Gasteiger partial charge in [0, 0.05) is 11.8 Å². The minimum Gasteiger partial charge on any atom is -0.467 e. The van der Waals surface area contributed by atoms with Gasteiger partial charge < -0.3 is 14.8 Å². The van der Waals surface area contributed by atoms with Crippen LogP contribution in [0.4, 0.5) is 5.69 Å². The van der Waals surface area contributed by atoms with Crippen molar-refractivity contribution in [1.29, 1.82) is 0 Å². The Bertz CT molecular complexity index is 569. The van der Waals surface area contributed by atoms with Crippen LogP contribution in [0.2, 0.25) is 0 Å². The van der Waals surface area contributed by atoms with E-state index < -0.39 is 6.04 Å². The first-order valence-electron chi connectivity index (χ1n) is 6.36. The molecule has 0 saturated heterocycles. The van der Waals surface area contributed by atoms with E-state index in [0.717, 1.165) is 11.4 Å². The summed E-state index contributed by atoms with van der Waals surface area (Å²) in [6, 6.07) is 16.6. The standard InChI is InChI=1S/C16H17NO3/c1-12(16(18)19-2)17-13-7-6-10-15(11-13)20-14-8-4-3-5-9-14/h3-12,17H,1-2H3. The lowest BCUT2D eigenvalue weighted by Crippen LogP contribution is -2.27. The molecule has 1 unspecified atom stereocenters. The van der Waals surface area contributed by atoms with E-state index in [1.165, 1.54) is 7.11 Å². The quantitative estimate of drug-likeness (QED) is 0.846. The average molecular weight is 271 g/mol. The van der Waals surface area contributed by atoms with Gasteiger partial charge in [0.25, 0.3) is 0 Å². The Kier molecular flexibility index (Phi) is 4.60. The highest BCUT2D eigenvalue weighted by atomic mass is 16.5. The van der Waals surface area contributed by atoms with Gasteiger partial charge in [0.05, 0.1) is 7.11 Å². The van der Waals surface area contributed by atoms with E-state index in [1.807, 2.05) is 54.6 Å². The zero-order valence-electron chi connectivity index (χ0n) is 11.5. The molecule has 0 amide bonds. The highest BCUT2D eigenvalue weighted by Crippen LogP contribution is 2.24. The molecule has 4 heteroatoms. The van der Waals surface area contributed by atoms with Crippen molar-refractivity contribution in [1.82, 2.24) is 0 Å². The number of benzene rings is 2. The number of hydrogen-bond acceptors (Lipinski definition) is 4. The second-order valence-electron chi connectivity index (χ2n) is 4.33. The Morgan fingerprint density at radius 3 is 2.45 bits per heavy atom. The van der Waals surface area contributed by atoms with Gasteiger partial charge in [-0.1, -0.05) is 24.3 Å². The number of carbonyl (C=O) groups excluding carboxylic acids is 1. The summed E-state index contributed by atoms with van der Waals surface area (Å²) in [5, 5.41) is 3.06. The molecule has 0 aliphatic rings. The fourth-order valence-corrected chi connectivity index (χ4v) is 1.76. The summed E-state index contributed by atoms with van der Waals surface area (Å²) in [6.45, 7) is 1.75. The molecule has 0 aromatic heterocycles. The Labute approximate surface area is 118 Å². The van der Waals surface area contributed by atoms with Crippen LogP contribution in [-0.4, -0.2) is 19.1 Å². The van der Waals surface area contributed by atoms with Gasteiger partial charge in [-0.15, -0.1) is 0 Å². The fraction of sp³-hybridized carbons (Fsp3) is 0.188. The third-order valence-electron chi connectivity index (χ3n) is 2.75. The largest absolute Gasteiger partial charge is 0.467 e. The van der Waals surface area contributed by atoms with Crippen LogP contribution < -0.4 is 10.1 Å². The fourth-order valence-electron chi connectivity index (χ4n) is 1.76. The maximum absolute atomic E-state index is 11.4. The van der Waals surface area contributed by atoms with Crippen molar-refractivity contribution in [2.24, 2.45) is 0 Å². The zero-order chi connectivity index (χ0) is 14.4. The molecule has 0 saturated carbocycles. The van der Waals surface area contributed by atoms with Gasteiger partial charge in [-0.3, -0.25) is 0 Å². The summed E-state index contributed by atoms with van der Waals surface area (Å²) >= 11 is 0. The molecule has 0 bridgehead atoms. The van der Waals surface area contributed by atoms with Gasteiger partial charge in [-0.2, -0.15) is 0 Å². The molecular weight excluding hydrogens is 254 g/mol. The number of anilines is 1. The molecule has 4 nitrogen and oxygen atoms in total. The second-order valence-corrected chi connectivity index (χ2v) is 4.33. The predicted octanol–water partition coefficient (Wildman–Crippen LogP) is 3.45. The normalized spacial score (nSPS) is 11.5. The summed E-state index contributed by atoms with van der Waals surface area (Å²) in [5.41, 5.74) is 0.802. The van der Waals surface area contributed by atoms with E-state index in [2.05, 4.69) is 10.1 Å². The number of rotatable bonds is 5. The molecule has 0 aliphatic carbocycles. The first kappa shape index (κ1) is 13.9. The Morgan fingerprint density at radius 1 is 1.05 bits per heavy atom. The lowest BCUT2D eigenvalue weighted by atomic mass is 10.2. The number of methoxy groups -OCH3 is 1. The van der Waals surface area contributed by atoms with Crippen LogP contribution in [0.25, 0.3) is 0 Å². The topological polar surface area (TPSA) is 47.6 Å². The van der Waals surface area contributed by atoms with Crippen LogP contribution in [0.5, 0.6) is 11.5 Å². The van der Waals surface area contributed by atoms with Crippen molar-refractivity contribution >= 4 is 11.7 Å². The summed E-state index contributed by atoms with van der Waals surface area (Å²) in [7, 11) is 1.37. The van der Waals surface area contributed by atoms with Crippen molar-refractivity contribution in [2.45, 2.75) is 13.0 Å². The highest BCUT2D eigenvalue weighted by molar-refractivity contribution is 5.78. The van der Waals surface area contributed by atoms with Crippen LogP contribution in [-0.2, 0) is 9.53 Å². The summed E-state index contributed by atoms with van der Waals surface area (Å²) in [4.78, 5) is 11.4. The molecule has 2 aromatic carbocycles. The molecule has 1 N–H and O–H groups in total. The first-order valence-corrected chi connectivity index (χ1v) is 6.36. The predicted molar refractivity (Wildman–Crippen MR) is 78.1 cm³/mol. The van der Waals surface area contributed by atoms with Crippen molar-refractivity contribution < 1.29 is 14.3 Å². The van der Waals surface area contributed by atoms with Crippen LogP contribution in [0.15, 0.2) is 54.6 Å². The minimum absolute atomic E-state index is 0.306. The lowest BCUT2D eigenvalue weighted by molar-refractivity contribution is -0.141. The average Bonchev–Trinajstić information content (AvgIpc) is 2.47. The number of para-hydroxylation sites is 1. The molecule has 2 aromatic rings. The lowest BCUT2D eigenvalue weighted by Gasteiger charge is -2.14. The molecule has 1 atom stereocenters. The molecular formula is C16H17NO3. The molecule has 104 valence electrons. The zero-order valence-corrected chi connectivity index (χ0v) is 11.5. The van der Waals surface area contributed by atoms with Crippen LogP contribution in [0, 0.1) is 0 Å². The molecule has 0 heterocycles. The van der Waals surface area contributed by atoms with Crippen LogP contribution in [0.1, 0.15) is 6.92 Å². The Balaban J connectivity index is 2.06. The van der Waals surface area contributed by atoms with Crippen molar-refractivity contribution in [3.8, 4) is 11.5 Å². The summed E-state index contributed by atoms with van der Waals surface area (Å²) < 4.78 is 10.4. The number of carbonyl (C=O) groups is 1. The van der Waals surface area contributed by atoms with Gasteiger partial charge >= 0.3 is 5.97 Å². The number of ether oxygens (including phenoxy) is 2. The van der Waals surface area contributed by atoms with Crippen LogP contribution in [0.3, 0.4) is 0 Å². The van der Waals surface area contributed by atoms with Gasteiger partial charge in [0.15, 0.2) is 0 Å². The van der Waals surface area contributed by atoms with E-state index in [0.29, 0.717) is 5.75 Å². The SMILES string of the molecule is COC(=O)C(C)Nc1cccc(Oc2ccccc2)c1. The van der Waals surface area contributed by atoms with Crippen molar-refractivity contribution in [3.05, 3.63) is 54.6 Å². The number of hydrogen-bond donors (Lipinski definition) is 1. The molecule has 20 heavy (non-hydrogen) atoms. The Morgan fingerprint density at radius 2 is 1.75 bits per heavy atom. The third kappa shape index (κ3) is 3.75. The van der Waals surface area contributed by atoms with Gasteiger partial charge in [-0.25, -0.2) is 4.79 Å². The smallest absolute Gasteiger partial charge is 0.327 e. The van der Waals surface area contributed by atoms with E-state index >= 15 is 0 Å². The molecule has 0 aliphatic heterocycles. The summed E-state index contributed by atoms with van der Waals surface area (Å²) in [5.74, 6) is 1.17. The number of esters is 1. The highest BCUT2D eigenvalue weighted by Gasteiger charge is 2.12. The first-order chi connectivity index (χ1) is 9.69. The van der Waals surface area contributed by atoms with Crippen LogP contribution >= 0.6 is 0 Å². The van der Waals surface area contributed by atoms with E-state index in [9.17, 15) is 4.79 Å². The molecule has 0 radical (unpaired) electrons. The van der Waals surface area contributed by atoms with E-state index in [4.69, 9.17) is 4.74 Å². The van der Waals surface area contributed by atoms with Gasteiger partial charge in [-0.05, 0) is 31.2 Å². The van der Waals surface area contributed by atoms with E-state index in [1.54, 1.807) is 6.92 Å². The molecule has 2 rings (SSSR count). The number of nitrogens with one attached hydrogen (secondary N) is 1. The van der Waals surface area contributed by atoms with Crippen molar-refractivity contribution in [3.63, 3.8) is 0 Å². The van der Waals surface area contributed by atoms with Gasteiger partial charge in [0.1, 0.15) is 17.5 Å². The minimum atomic E-state index is -0.410. The second kappa shape index (κ2) is 6.61. The summed E-state index contributed by atoms with van der Waals surface area (Å²) in [6.07, 6.45) is 0. The van der Waals surface area contributed by atoms with Crippen molar-refractivity contribution in [2.75, 3.05) is 12.4 Å². The third-order valence-corrected chi connectivity index (χ3v) is 2.75. The van der Waals surface area contributed by atoms with Gasteiger partial charge in [0.2, 0.25) is 0 Å². The maximum atomic E-state index is 11.4. The molecule has 0 fully saturated rings. The molecule has 0 spiro atoms. The maximum Gasteiger partial charge on any atom is 0.327 e.